The molecule has 1 aliphatic carbocycles. The highest BCUT2D eigenvalue weighted by Crippen LogP contribution is 2.34. The molecule has 0 nitrogen and oxygen atoms in total. The van der Waals surface area contributed by atoms with Crippen LogP contribution in [0.25, 0.3) is 21.5 Å². The maximum Gasteiger partial charge on any atom is -0.0102 e. The molecule has 1 unspecified atom stereocenters. The summed E-state index contributed by atoms with van der Waals surface area (Å²) >= 11 is 0. The Hall–Kier alpha value is -1.82. The lowest BCUT2D eigenvalue weighted by Crippen LogP contribution is -2.11. The van der Waals surface area contributed by atoms with Gasteiger partial charge in [-0.25, -0.2) is 0 Å². The van der Waals surface area contributed by atoms with Crippen molar-refractivity contribution < 1.29 is 0 Å². The van der Waals surface area contributed by atoms with E-state index in [0.717, 1.165) is 5.92 Å². The minimum Gasteiger partial charge on any atom is -0.0622 e. The Morgan fingerprint density at radius 1 is 0.842 bits per heavy atom. The molecule has 3 aromatic rings. The third kappa shape index (κ3) is 1.67. The predicted octanol–water partition coefficient (Wildman–Crippen LogP) is 5.12. The molecule has 0 saturated carbocycles. The Balaban J connectivity index is 2.08. The molecule has 0 N–H and O–H groups in total. The third-order valence-electron chi connectivity index (χ3n) is 4.59. The van der Waals surface area contributed by atoms with Crippen molar-refractivity contribution in [2.75, 3.05) is 0 Å². The first-order valence-corrected chi connectivity index (χ1v) is 7.25. The minimum absolute atomic E-state index is 0.838. The van der Waals surface area contributed by atoms with E-state index < -0.39 is 0 Å². The van der Waals surface area contributed by atoms with E-state index >= 15 is 0 Å². The van der Waals surface area contributed by atoms with Gasteiger partial charge in [0.1, 0.15) is 0 Å². The lowest BCUT2D eigenvalue weighted by Gasteiger charge is -2.23. The van der Waals surface area contributed by atoms with Crippen LogP contribution in [-0.4, -0.2) is 0 Å². The van der Waals surface area contributed by atoms with Gasteiger partial charge in [-0.15, -0.1) is 0 Å². The molecule has 0 heterocycles. The molecule has 1 aliphatic rings. The summed E-state index contributed by atoms with van der Waals surface area (Å²) in [5.74, 6) is 0.838. The van der Waals surface area contributed by atoms with Gasteiger partial charge in [0.25, 0.3) is 0 Å². The van der Waals surface area contributed by atoms with E-state index in [-0.39, 0.29) is 0 Å². The Morgan fingerprint density at radius 2 is 1.68 bits per heavy atom. The molecule has 3 aromatic carbocycles. The number of rotatable bonds is 0. The molecular weight excluding hydrogens is 228 g/mol. The molecule has 0 aromatic heterocycles. The second-order valence-electron chi connectivity index (χ2n) is 5.93. The van der Waals surface area contributed by atoms with Gasteiger partial charge < -0.3 is 0 Å². The monoisotopic (exact) mass is 246 g/mol. The highest BCUT2D eigenvalue weighted by atomic mass is 14.2. The smallest absolute Gasteiger partial charge is 0.0102 e. The van der Waals surface area contributed by atoms with E-state index in [1.54, 1.807) is 11.1 Å². The topological polar surface area (TPSA) is 0 Å². The van der Waals surface area contributed by atoms with Crippen molar-refractivity contribution in [2.45, 2.75) is 26.2 Å². The van der Waals surface area contributed by atoms with Crippen LogP contribution in [0.5, 0.6) is 0 Å². The summed E-state index contributed by atoms with van der Waals surface area (Å²) in [5, 5.41) is 5.63. The third-order valence-corrected chi connectivity index (χ3v) is 4.59. The molecule has 0 bridgehead atoms. The van der Waals surface area contributed by atoms with Crippen molar-refractivity contribution in [3.63, 3.8) is 0 Å². The van der Waals surface area contributed by atoms with Crippen molar-refractivity contribution in [1.29, 1.82) is 0 Å². The molecule has 1 atom stereocenters. The fourth-order valence-corrected chi connectivity index (χ4v) is 3.55. The van der Waals surface area contributed by atoms with Crippen molar-refractivity contribution >= 4 is 21.5 Å². The van der Waals surface area contributed by atoms with Crippen LogP contribution in [-0.2, 0) is 12.8 Å². The van der Waals surface area contributed by atoms with Gasteiger partial charge in [-0.1, -0.05) is 55.5 Å². The van der Waals surface area contributed by atoms with E-state index in [1.807, 2.05) is 0 Å². The van der Waals surface area contributed by atoms with Gasteiger partial charge in [-0.2, -0.15) is 0 Å². The Kier molecular flexibility index (Phi) is 2.38. The van der Waals surface area contributed by atoms with E-state index in [1.165, 1.54) is 40.8 Å². The van der Waals surface area contributed by atoms with Crippen LogP contribution >= 0.6 is 0 Å². The summed E-state index contributed by atoms with van der Waals surface area (Å²) in [4.78, 5) is 0. The maximum absolute atomic E-state index is 2.37. The van der Waals surface area contributed by atoms with Crippen LogP contribution < -0.4 is 0 Å². The Labute approximate surface area is 114 Å². The molecule has 4 rings (SSSR count). The number of fused-ring (bicyclic) bond motifs is 5. The maximum atomic E-state index is 2.37. The summed E-state index contributed by atoms with van der Waals surface area (Å²) in [7, 11) is 0. The molecule has 19 heavy (non-hydrogen) atoms. The van der Waals surface area contributed by atoms with Gasteiger partial charge in [0.15, 0.2) is 0 Å². The summed E-state index contributed by atoms with van der Waals surface area (Å²) in [6.07, 6.45) is 3.82. The normalized spacial score (nSPS) is 18.7. The van der Waals surface area contributed by atoms with Gasteiger partial charge >= 0.3 is 0 Å². The van der Waals surface area contributed by atoms with Crippen LogP contribution in [0.1, 0.15) is 24.5 Å². The van der Waals surface area contributed by atoms with Crippen molar-refractivity contribution in [3.8, 4) is 0 Å². The fourth-order valence-electron chi connectivity index (χ4n) is 3.55. The molecule has 0 saturated heterocycles. The standard InChI is InChI=1S/C19H18/c1-13-6-9-17-15(12-13)8-11-18-16-5-3-2-4-14(16)7-10-19(17)18/h2-5,7-8,10-11,13H,6,9,12H2,1H3. The Bertz CT molecular complexity index is 767. The number of hydrogen-bond donors (Lipinski definition) is 0. The second-order valence-corrected chi connectivity index (χ2v) is 5.93. The predicted molar refractivity (Wildman–Crippen MR) is 82.6 cm³/mol. The number of hydrogen-bond acceptors (Lipinski definition) is 0. The second kappa shape index (κ2) is 4.09. The Morgan fingerprint density at radius 3 is 2.63 bits per heavy atom. The van der Waals surface area contributed by atoms with Gasteiger partial charge in [0.2, 0.25) is 0 Å². The summed E-state index contributed by atoms with van der Waals surface area (Å²) in [6, 6.07) is 18.0. The molecule has 0 aliphatic heterocycles. The van der Waals surface area contributed by atoms with E-state index in [2.05, 4.69) is 55.5 Å². The van der Waals surface area contributed by atoms with Gasteiger partial charge in [0, 0.05) is 0 Å². The van der Waals surface area contributed by atoms with Crippen LogP contribution in [0.15, 0.2) is 48.5 Å². The molecule has 0 spiro atoms. The first-order chi connectivity index (χ1) is 9.33. The van der Waals surface area contributed by atoms with Crippen LogP contribution in [0.4, 0.5) is 0 Å². The van der Waals surface area contributed by atoms with Crippen molar-refractivity contribution in [1.82, 2.24) is 0 Å². The zero-order valence-electron chi connectivity index (χ0n) is 11.3. The lowest BCUT2D eigenvalue weighted by atomic mass is 9.82. The zero-order chi connectivity index (χ0) is 12.8. The van der Waals surface area contributed by atoms with Gasteiger partial charge in [-0.05, 0) is 57.9 Å². The highest BCUT2D eigenvalue weighted by Gasteiger charge is 2.17. The molecule has 0 heteroatoms. The molecular formula is C19H18. The summed E-state index contributed by atoms with van der Waals surface area (Å²) in [5.41, 5.74) is 3.17. The van der Waals surface area contributed by atoms with Crippen molar-refractivity contribution in [2.24, 2.45) is 5.92 Å². The highest BCUT2D eigenvalue weighted by molar-refractivity contribution is 6.08. The first-order valence-electron chi connectivity index (χ1n) is 7.25. The van der Waals surface area contributed by atoms with Crippen molar-refractivity contribution in [3.05, 3.63) is 59.7 Å². The number of aryl methyl sites for hydroxylation is 1. The quantitative estimate of drug-likeness (QED) is 0.483. The molecule has 0 radical (unpaired) electrons. The minimum atomic E-state index is 0.838. The van der Waals surface area contributed by atoms with Crippen LogP contribution in [0.2, 0.25) is 0 Å². The summed E-state index contributed by atoms with van der Waals surface area (Å²) in [6.45, 7) is 2.37. The molecule has 0 fully saturated rings. The molecule has 0 amide bonds. The largest absolute Gasteiger partial charge is 0.0622 e. The van der Waals surface area contributed by atoms with Gasteiger partial charge in [-0.3, -0.25) is 0 Å². The van der Waals surface area contributed by atoms with E-state index in [9.17, 15) is 0 Å². The zero-order valence-corrected chi connectivity index (χ0v) is 11.3. The van der Waals surface area contributed by atoms with Crippen LogP contribution in [0.3, 0.4) is 0 Å². The first kappa shape index (κ1) is 11.0. The SMILES string of the molecule is CC1CCc2c(ccc3c2ccc2ccccc23)C1. The average molecular weight is 246 g/mol. The average Bonchev–Trinajstić information content (AvgIpc) is 2.46. The van der Waals surface area contributed by atoms with E-state index in [4.69, 9.17) is 0 Å². The lowest BCUT2D eigenvalue weighted by molar-refractivity contribution is 0.503. The fraction of sp³-hybridized carbons (Fsp3) is 0.263. The van der Waals surface area contributed by atoms with E-state index in [0.29, 0.717) is 0 Å². The van der Waals surface area contributed by atoms with Gasteiger partial charge in [0.05, 0.1) is 0 Å². The molecule has 94 valence electrons. The summed E-state index contributed by atoms with van der Waals surface area (Å²) < 4.78 is 0. The van der Waals surface area contributed by atoms with Crippen LogP contribution in [0, 0.1) is 5.92 Å². The number of benzene rings is 3.